The third-order valence-electron chi connectivity index (χ3n) is 1.95. The smallest absolute Gasteiger partial charge is 0.118 e. The SMILES string of the molecule is CC/C=C\B/C=C\C/C=C\C/C=C\CC. The van der Waals surface area contributed by atoms with Gasteiger partial charge in [0.15, 0.2) is 7.28 Å². The minimum atomic E-state index is 1.06. The highest BCUT2D eigenvalue weighted by Crippen LogP contribution is 1.92. The largest absolute Gasteiger partial charge is 0.172 e. The van der Waals surface area contributed by atoms with Gasteiger partial charge in [0.1, 0.15) is 0 Å². The Morgan fingerprint density at radius 2 is 1.20 bits per heavy atom. The summed E-state index contributed by atoms with van der Waals surface area (Å²) in [6, 6.07) is 0. The summed E-state index contributed by atoms with van der Waals surface area (Å²) < 4.78 is 0. The minimum absolute atomic E-state index is 1.06. The molecule has 0 saturated heterocycles. The van der Waals surface area contributed by atoms with Crippen molar-refractivity contribution in [1.29, 1.82) is 0 Å². The van der Waals surface area contributed by atoms with E-state index in [1.165, 1.54) is 0 Å². The summed E-state index contributed by atoms with van der Waals surface area (Å²) in [7, 11) is 1.07. The predicted molar refractivity (Wildman–Crippen MR) is 73.5 cm³/mol. The van der Waals surface area contributed by atoms with Gasteiger partial charge in [-0.15, -0.1) is 12.0 Å². The highest BCUT2D eigenvalue weighted by atomic mass is 13.8. The number of rotatable bonds is 8. The fraction of sp³-hybridized carbons (Fsp3) is 0.429. The van der Waals surface area contributed by atoms with E-state index < -0.39 is 0 Å². The summed E-state index contributed by atoms with van der Waals surface area (Å²) in [5.74, 6) is 4.43. The lowest BCUT2D eigenvalue weighted by atomic mass is 9.78. The molecular weight excluding hydrogens is 179 g/mol. The van der Waals surface area contributed by atoms with Gasteiger partial charge in [0.05, 0.1) is 0 Å². The fourth-order valence-corrected chi connectivity index (χ4v) is 1.15. The van der Waals surface area contributed by atoms with Gasteiger partial charge in [0, 0.05) is 0 Å². The monoisotopic (exact) mass is 202 g/mol. The Labute approximate surface area is 95.7 Å². The molecule has 0 aromatic carbocycles. The van der Waals surface area contributed by atoms with Crippen LogP contribution in [0.2, 0.25) is 0 Å². The Balaban J connectivity index is 3.36. The summed E-state index contributed by atoms with van der Waals surface area (Å²) >= 11 is 0. The summed E-state index contributed by atoms with van der Waals surface area (Å²) in [6.45, 7) is 4.32. The lowest BCUT2D eigenvalue weighted by Gasteiger charge is -1.83. The topological polar surface area (TPSA) is 0 Å². The third kappa shape index (κ3) is 13.0. The minimum Gasteiger partial charge on any atom is -0.118 e. The molecule has 0 heterocycles. The van der Waals surface area contributed by atoms with Gasteiger partial charge < -0.3 is 0 Å². The zero-order chi connectivity index (χ0) is 11.2. The first-order valence-electron chi connectivity index (χ1n) is 6.01. The van der Waals surface area contributed by atoms with Crippen molar-refractivity contribution in [1.82, 2.24) is 0 Å². The van der Waals surface area contributed by atoms with Gasteiger partial charge in [-0.05, 0) is 25.7 Å². The normalized spacial score (nSPS) is 12.7. The van der Waals surface area contributed by atoms with Crippen LogP contribution in [-0.4, -0.2) is 7.28 Å². The molecule has 0 aromatic rings. The van der Waals surface area contributed by atoms with E-state index in [-0.39, 0.29) is 0 Å². The Morgan fingerprint density at radius 1 is 0.667 bits per heavy atom. The Bertz CT molecular complexity index is 197. The molecule has 0 amide bonds. The molecule has 0 unspecified atom stereocenters. The molecule has 0 bridgehead atoms. The average Bonchev–Trinajstić information content (AvgIpc) is 2.26. The predicted octanol–water partition coefficient (Wildman–Crippen LogP) is 4.16. The maximum atomic E-state index is 2.22. The van der Waals surface area contributed by atoms with E-state index in [0.717, 1.165) is 33.0 Å². The molecule has 0 nitrogen and oxygen atoms in total. The first-order chi connectivity index (χ1) is 7.41. The van der Waals surface area contributed by atoms with Gasteiger partial charge in [-0.2, -0.15) is 0 Å². The molecule has 0 rings (SSSR count). The molecule has 15 heavy (non-hydrogen) atoms. The second kappa shape index (κ2) is 13.0. The van der Waals surface area contributed by atoms with Crippen LogP contribution < -0.4 is 0 Å². The molecule has 0 aliphatic carbocycles. The quantitative estimate of drug-likeness (QED) is 0.409. The van der Waals surface area contributed by atoms with E-state index in [0.29, 0.717) is 0 Å². The summed E-state index contributed by atoms with van der Waals surface area (Å²) in [4.78, 5) is 0. The van der Waals surface area contributed by atoms with Crippen LogP contribution in [-0.2, 0) is 0 Å². The van der Waals surface area contributed by atoms with Crippen LogP contribution >= 0.6 is 0 Å². The Kier molecular flexibility index (Phi) is 12.2. The third-order valence-corrected chi connectivity index (χ3v) is 1.95. The van der Waals surface area contributed by atoms with Crippen molar-refractivity contribution >= 4 is 7.28 Å². The van der Waals surface area contributed by atoms with Crippen molar-refractivity contribution in [2.24, 2.45) is 0 Å². The maximum Gasteiger partial charge on any atom is 0.172 e. The first kappa shape index (κ1) is 14.0. The van der Waals surface area contributed by atoms with Crippen LogP contribution in [0.25, 0.3) is 0 Å². The van der Waals surface area contributed by atoms with E-state index in [9.17, 15) is 0 Å². The maximum absolute atomic E-state index is 2.22. The van der Waals surface area contributed by atoms with Gasteiger partial charge in [0.25, 0.3) is 0 Å². The molecule has 0 radical (unpaired) electrons. The van der Waals surface area contributed by atoms with Crippen molar-refractivity contribution in [3.8, 4) is 0 Å². The van der Waals surface area contributed by atoms with Crippen molar-refractivity contribution in [2.45, 2.75) is 39.5 Å². The second-order valence-corrected chi connectivity index (χ2v) is 3.41. The van der Waals surface area contributed by atoms with Gasteiger partial charge in [0.2, 0.25) is 0 Å². The Hall–Kier alpha value is -0.975. The summed E-state index contributed by atoms with van der Waals surface area (Å²) in [6.07, 6.45) is 17.7. The van der Waals surface area contributed by atoms with Crippen molar-refractivity contribution in [3.63, 3.8) is 0 Å². The lowest BCUT2D eigenvalue weighted by Crippen LogP contribution is -1.75. The van der Waals surface area contributed by atoms with Gasteiger partial charge in [-0.1, -0.05) is 50.3 Å². The average molecular weight is 202 g/mol. The van der Waals surface area contributed by atoms with Crippen LogP contribution in [0.15, 0.2) is 48.4 Å². The molecule has 0 N–H and O–H groups in total. The zero-order valence-corrected chi connectivity index (χ0v) is 10.2. The highest BCUT2D eigenvalue weighted by molar-refractivity contribution is 6.48. The van der Waals surface area contributed by atoms with E-state index in [4.69, 9.17) is 0 Å². The molecule has 1 heteroatoms. The van der Waals surface area contributed by atoms with E-state index in [1.807, 2.05) is 0 Å². The molecule has 82 valence electrons. The molecule has 0 aromatic heterocycles. The number of hydrogen-bond donors (Lipinski definition) is 0. The second-order valence-electron chi connectivity index (χ2n) is 3.41. The molecule has 0 aliphatic rings. The highest BCUT2D eigenvalue weighted by Gasteiger charge is 1.75. The molecule has 0 saturated carbocycles. The summed E-state index contributed by atoms with van der Waals surface area (Å²) in [5, 5.41) is 0. The van der Waals surface area contributed by atoms with Crippen LogP contribution in [0, 0.1) is 0 Å². The van der Waals surface area contributed by atoms with Crippen LogP contribution in [0.5, 0.6) is 0 Å². The molecule has 0 atom stereocenters. The molecular formula is C14H23B. The van der Waals surface area contributed by atoms with Crippen molar-refractivity contribution < 1.29 is 0 Å². The first-order valence-corrected chi connectivity index (χ1v) is 6.01. The number of allylic oxidation sites excluding steroid dienone is 6. The molecule has 0 spiro atoms. The zero-order valence-electron chi connectivity index (χ0n) is 10.2. The summed E-state index contributed by atoms with van der Waals surface area (Å²) in [5.41, 5.74) is 0. The van der Waals surface area contributed by atoms with Gasteiger partial charge >= 0.3 is 0 Å². The van der Waals surface area contributed by atoms with Crippen molar-refractivity contribution in [2.75, 3.05) is 0 Å². The molecule has 0 aliphatic heterocycles. The van der Waals surface area contributed by atoms with Gasteiger partial charge in [-0.25, -0.2) is 0 Å². The van der Waals surface area contributed by atoms with E-state index >= 15 is 0 Å². The molecule has 0 fully saturated rings. The van der Waals surface area contributed by atoms with E-state index in [1.54, 1.807) is 0 Å². The van der Waals surface area contributed by atoms with Crippen LogP contribution in [0.1, 0.15) is 39.5 Å². The fourth-order valence-electron chi connectivity index (χ4n) is 1.15. The Morgan fingerprint density at radius 3 is 1.87 bits per heavy atom. The standard InChI is InChI=1S/C14H23B/c1-3-5-7-8-9-10-11-12-14-15-13-6-4-2/h5-7,9-10,12-15H,3-4,8,11H2,1-2H3/b7-5-,10-9-,13-6-,14-12-. The lowest BCUT2D eigenvalue weighted by molar-refractivity contribution is 1.19. The van der Waals surface area contributed by atoms with Crippen LogP contribution in [0.3, 0.4) is 0 Å². The van der Waals surface area contributed by atoms with Crippen molar-refractivity contribution in [3.05, 3.63) is 48.4 Å². The van der Waals surface area contributed by atoms with Crippen LogP contribution in [0.4, 0.5) is 0 Å². The number of hydrogen-bond acceptors (Lipinski definition) is 0. The van der Waals surface area contributed by atoms with Gasteiger partial charge in [-0.3, -0.25) is 0 Å². The van der Waals surface area contributed by atoms with E-state index in [2.05, 4.69) is 62.3 Å².